The van der Waals surface area contributed by atoms with E-state index in [9.17, 15) is 4.39 Å². The van der Waals surface area contributed by atoms with Gasteiger partial charge in [0.05, 0.1) is 0 Å². The van der Waals surface area contributed by atoms with Gasteiger partial charge in [0, 0.05) is 30.4 Å². The van der Waals surface area contributed by atoms with Gasteiger partial charge in [-0.2, -0.15) is 0 Å². The van der Waals surface area contributed by atoms with E-state index in [1.165, 1.54) is 38.2 Å². The fourth-order valence-electron chi connectivity index (χ4n) is 4.03. The lowest BCUT2D eigenvalue weighted by molar-refractivity contribution is 0.184. The SMILES string of the molecule is CC(C)C1CNC2(CCCCC2)CN1c1cccc(F)c1. The van der Waals surface area contributed by atoms with Crippen LogP contribution in [0.3, 0.4) is 0 Å². The summed E-state index contributed by atoms with van der Waals surface area (Å²) in [7, 11) is 0. The molecule has 1 aromatic rings. The van der Waals surface area contributed by atoms with Crippen molar-refractivity contribution in [2.45, 2.75) is 57.5 Å². The van der Waals surface area contributed by atoms with Crippen LogP contribution in [0.1, 0.15) is 46.0 Å². The predicted molar refractivity (Wildman–Crippen MR) is 86.2 cm³/mol. The van der Waals surface area contributed by atoms with Crippen LogP contribution in [0, 0.1) is 11.7 Å². The van der Waals surface area contributed by atoms with Gasteiger partial charge in [0.2, 0.25) is 0 Å². The van der Waals surface area contributed by atoms with E-state index in [0.29, 0.717) is 12.0 Å². The average molecular weight is 290 g/mol. The molecule has 0 bridgehead atoms. The molecule has 1 heterocycles. The van der Waals surface area contributed by atoms with Crippen LogP contribution in [0.25, 0.3) is 0 Å². The van der Waals surface area contributed by atoms with E-state index < -0.39 is 0 Å². The lowest BCUT2D eigenvalue weighted by Gasteiger charge is -2.51. The monoisotopic (exact) mass is 290 g/mol. The van der Waals surface area contributed by atoms with Gasteiger partial charge in [0.15, 0.2) is 0 Å². The summed E-state index contributed by atoms with van der Waals surface area (Å²) in [6, 6.07) is 7.56. The van der Waals surface area contributed by atoms with Crippen LogP contribution < -0.4 is 10.2 Å². The zero-order valence-corrected chi connectivity index (χ0v) is 13.2. The second-order valence-corrected chi connectivity index (χ2v) is 7.14. The molecule has 1 aliphatic carbocycles. The summed E-state index contributed by atoms with van der Waals surface area (Å²) in [6.45, 7) is 6.54. The highest BCUT2D eigenvalue weighted by Crippen LogP contribution is 2.35. The maximum Gasteiger partial charge on any atom is 0.125 e. The van der Waals surface area contributed by atoms with Crippen molar-refractivity contribution in [1.29, 1.82) is 0 Å². The van der Waals surface area contributed by atoms with Crippen molar-refractivity contribution in [1.82, 2.24) is 5.32 Å². The molecular formula is C18H27FN2. The lowest BCUT2D eigenvalue weighted by atomic mass is 9.78. The Balaban J connectivity index is 1.87. The molecule has 1 aliphatic heterocycles. The van der Waals surface area contributed by atoms with Crippen LogP contribution in [0.4, 0.5) is 10.1 Å². The Bertz CT molecular complexity index is 480. The standard InChI is InChI=1S/C18H27FN2/c1-14(2)17-12-20-18(9-4-3-5-10-18)13-21(17)16-8-6-7-15(19)11-16/h6-8,11,14,17,20H,3-5,9-10,12-13H2,1-2H3. The Labute approximate surface area is 127 Å². The van der Waals surface area contributed by atoms with Gasteiger partial charge < -0.3 is 10.2 Å². The molecule has 2 aliphatic rings. The summed E-state index contributed by atoms with van der Waals surface area (Å²) < 4.78 is 13.6. The van der Waals surface area contributed by atoms with Gasteiger partial charge in [-0.05, 0) is 37.0 Å². The van der Waals surface area contributed by atoms with Crippen LogP contribution in [0.2, 0.25) is 0 Å². The molecule has 1 spiro atoms. The van der Waals surface area contributed by atoms with E-state index >= 15 is 0 Å². The van der Waals surface area contributed by atoms with Crippen LogP contribution in [0.15, 0.2) is 24.3 Å². The quantitative estimate of drug-likeness (QED) is 0.887. The van der Waals surface area contributed by atoms with Gasteiger partial charge in [0.1, 0.15) is 5.82 Å². The number of piperazine rings is 1. The number of hydrogen-bond acceptors (Lipinski definition) is 2. The first-order valence-electron chi connectivity index (χ1n) is 8.37. The molecule has 21 heavy (non-hydrogen) atoms. The topological polar surface area (TPSA) is 15.3 Å². The average Bonchev–Trinajstić information content (AvgIpc) is 2.48. The fourth-order valence-corrected chi connectivity index (χ4v) is 4.03. The highest BCUT2D eigenvalue weighted by Gasteiger charge is 2.40. The van der Waals surface area contributed by atoms with Crippen molar-refractivity contribution in [2.24, 2.45) is 5.92 Å². The Hall–Kier alpha value is -1.09. The van der Waals surface area contributed by atoms with E-state index in [1.54, 1.807) is 6.07 Å². The fraction of sp³-hybridized carbons (Fsp3) is 0.667. The summed E-state index contributed by atoms with van der Waals surface area (Å²) in [6.07, 6.45) is 6.50. The normalized spacial score (nSPS) is 25.5. The highest BCUT2D eigenvalue weighted by atomic mass is 19.1. The first-order valence-corrected chi connectivity index (χ1v) is 8.37. The minimum Gasteiger partial charge on any atom is -0.365 e. The Morgan fingerprint density at radius 3 is 2.67 bits per heavy atom. The third kappa shape index (κ3) is 3.08. The maximum atomic E-state index is 13.6. The van der Waals surface area contributed by atoms with Crippen LogP contribution in [-0.2, 0) is 0 Å². The van der Waals surface area contributed by atoms with E-state index in [-0.39, 0.29) is 11.4 Å². The van der Waals surface area contributed by atoms with E-state index in [1.807, 2.05) is 6.07 Å². The molecule has 3 heteroatoms. The molecule has 1 saturated carbocycles. The van der Waals surface area contributed by atoms with Gasteiger partial charge in [0.25, 0.3) is 0 Å². The summed E-state index contributed by atoms with van der Waals surface area (Å²) in [5.74, 6) is 0.424. The summed E-state index contributed by atoms with van der Waals surface area (Å²) in [5, 5.41) is 3.84. The van der Waals surface area contributed by atoms with Gasteiger partial charge in [-0.15, -0.1) is 0 Å². The minimum absolute atomic E-state index is 0.133. The number of nitrogens with zero attached hydrogens (tertiary/aromatic N) is 1. The summed E-state index contributed by atoms with van der Waals surface area (Å²) in [4.78, 5) is 2.45. The number of nitrogens with one attached hydrogen (secondary N) is 1. The van der Waals surface area contributed by atoms with Crippen molar-refractivity contribution in [3.05, 3.63) is 30.1 Å². The van der Waals surface area contributed by atoms with Gasteiger partial charge in [-0.1, -0.05) is 39.2 Å². The van der Waals surface area contributed by atoms with E-state index in [4.69, 9.17) is 0 Å². The van der Waals surface area contributed by atoms with Crippen molar-refractivity contribution in [2.75, 3.05) is 18.0 Å². The molecule has 0 amide bonds. The predicted octanol–water partition coefficient (Wildman–Crippen LogP) is 3.96. The zero-order valence-electron chi connectivity index (χ0n) is 13.2. The number of halogens is 1. The van der Waals surface area contributed by atoms with Crippen molar-refractivity contribution < 1.29 is 4.39 Å². The van der Waals surface area contributed by atoms with Crippen molar-refractivity contribution in [3.8, 4) is 0 Å². The summed E-state index contributed by atoms with van der Waals surface area (Å²) in [5.41, 5.74) is 1.29. The minimum atomic E-state index is -0.133. The Morgan fingerprint density at radius 1 is 1.24 bits per heavy atom. The number of anilines is 1. The Morgan fingerprint density at radius 2 is 2.00 bits per heavy atom. The van der Waals surface area contributed by atoms with E-state index in [2.05, 4.69) is 30.1 Å². The molecule has 1 saturated heterocycles. The molecule has 1 N–H and O–H groups in total. The largest absolute Gasteiger partial charge is 0.365 e. The number of hydrogen-bond donors (Lipinski definition) is 1. The van der Waals surface area contributed by atoms with Crippen molar-refractivity contribution >= 4 is 5.69 Å². The third-order valence-corrected chi connectivity index (χ3v) is 5.28. The maximum absolute atomic E-state index is 13.6. The molecular weight excluding hydrogens is 263 g/mol. The van der Waals surface area contributed by atoms with Crippen LogP contribution in [-0.4, -0.2) is 24.7 Å². The van der Waals surface area contributed by atoms with Crippen molar-refractivity contribution in [3.63, 3.8) is 0 Å². The number of benzene rings is 1. The van der Waals surface area contributed by atoms with Crippen LogP contribution in [0.5, 0.6) is 0 Å². The third-order valence-electron chi connectivity index (χ3n) is 5.28. The molecule has 116 valence electrons. The molecule has 2 fully saturated rings. The molecule has 1 unspecified atom stereocenters. The van der Waals surface area contributed by atoms with Gasteiger partial charge >= 0.3 is 0 Å². The Kier molecular flexibility index (Phi) is 4.21. The van der Waals surface area contributed by atoms with Gasteiger partial charge in [-0.25, -0.2) is 4.39 Å². The second-order valence-electron chi connectivity index (χ2n) is 7.14. The molecule has 0 aromatic heterocycles. The molecule has 3 rings (SSSR count). The molecule has 1 atom stereocenters. The summed E-state index contributed by atoms with van der Waals surface area (Å²) >= 11 is 0. The zero-order chi connectivity index (χ0) is 14.9. The molecule has 2 nitrogen and oxygen atoms in total. The first kappa shape index (κ1) is 14.8. The molecule has 0 radical (unpaired) electrons. The smallest absolute Gasteiger partial charge is 0.125 e. The lowest BCUT2D eigenvalue weighted by Crippen LogP contribution is -2.66. The van der Waals surface area contributed by atoms with Crippen LogP contribution >= 0.6 is 0 Å². The molecule has 1 aromatic carbocycles. The van der Waals surface area contributed by atoms with E-state index in [0.717, 1.165) is 18.8 Å². The number of rotatable bonds is 2. The highest BCUT2D eigenvalue weighted by molar-refractivity contribution is 5.49. The second kappa shape index (κ2) is 5.96. The first-order chi connectivity index (χ1) is 10.1. The van der Waals surface area contributed by atoms with Gasteiger partial charge in [-0.3, -0.25) is 0 Å².